The summed E-state index contributed by atoms with van der Waals surface area (Å²) in [7, 11) is 0. The van der Waals surface area contributed by atoms with E-state index in [1.165, 1.54) is 33.4 Å². The van der Waals surface area contributed by atoms with Gasteiger partial charge in [0, 0.05) is 0 Å². The first kappa shape index (κ1) is 18.5. The van der Waals surface area contributed by atoms with E-state index < -0.39 is 0 Å². The van der Waals surface area contributed by atoms with Crippen LogP contribution in [0.1, 0.15) is 52.7 Å². The first-order chi connectivity index (χ1) is 12.2. The quantitative estimate of drug-likeness (QED) is 0.449. The highest BCUT2D eigenvalue weighted by atomic mass is 14.2. The van der Waals surface area contributed by atoms with E-state index in [1.54, 1.807) is 0 Å². The predicted molar refractivity (Wildman–Crippen MR) is 115 cm³/mol. The van der Waals surface area contributed by atoms with Crippen LogP contribution >= 0.6 is 0 Å². The van der Waals surface area contributed by atoms with Gasteiger partial charge in [0.2, 0.25) is 0 Å². The van der Waals surface area contributed by atoms with Crippen LogP contribution in [-0.4, -0.2) is 0 Å². The number of hydrogen-bond donors (Lipinski definition) is 0. The summed E-state index contributed by atoms with van der Waals surface area (Å²) < 4.78 is 0. The monoisotopic (exact) mass is 342 g/mol. The Balaban J connectivity index is 2.10. The maximum Gasteiger partial charge on any atom is -0.0126 e. The second-order valence-corrected chi connectivity index (χ2v) is 9.20. The Hall–Kier alpha value is -2.34. The van der Waals surface area contributed by atoms with Crippen molar-refractivity contribution in [3.05, 3.63) is 83.9 Å². The van der Waals surface area contributed by atoms with Crippen LogP contribution in [0.15, 0.2) is 72.8 Å². The van der Waals surface area contributed by atoms with Gasteiger partial charge in [-0.3, -0.25) is 0 Å². The third-order valence-electron chi connectivity index (χ3n) is 5.00. The highest BCUT2D eigenvalue weighted by Crippen LogP contribution is 2.36. The molecule has 0 bridgehead atoms. The third-order valence-corrected chi connectivity index (χ3v) is 5.00. The van der Waals surface area contributed by atoms with Crippen molar-refractivity contribution in [1.82, 2.24) is 0 Å². The Morgan fingerprint density at radius 1 is 0.500 bits per heavy atom. The van der Waals surface area contributed by atoms with Crippen molar-refractivity contribution in [2.75, 3.05) is 0 Å². The molecule has 3 aromatic rings. The van der Waals surface area contributed by atoms with E-state index in [2.05, 4.69) is 114 Å². The smallest absolute Gasteiger partial charge is 0.0126 e. The lowest BCUT2D eigenvalue weighted by molar-refractivity contribution is 0.590. The van der Waals surface area contributed by atoms with Gasteiger partial charge < -0.3 is 0 Å². The van der Waals surface area contributed by atoms with Crippen molar-refractivity contribution >= 4 is 0 Å². The molecule has 0 aliphatic carbocycles. The molecule has 0 N–H and O–H groups in total. The molecule has 0 fully saturated rings. The van der Waals surface area contributed by atoms with Crippen molar-refractivity contribution in [2.24, 2.45) is 0 Å². The fourth-order valence-corrected chi connectivity index (χ4v) is 3.40. The minimum atomic E-state index is 0.111. The maximum atomic E-state index is 2.35. The van der Waals surface area contributed by atoms with E-state index in [0.29, 0.717) is 0 Å². The fraction of sp³-hybridized carbons (Fsp3) is 0.308. The molecule has 0 spiro atoms. The predicted octanol–water partition coefficient (Wildman–Crippen LogP) is 7.62. The van der Waals surface area contributed by atoms with Gasteiger partial charge in [0.15, 0.2) is 0 Å². The summed E-state index contributed by atoms with van der Waals surface area (Å²) in [6, 6.07) is 26.7. The van der Waals surface area contributed by atoms with Crippen LogP contribution in [0.5, 0.6) is 0 Å². The maximum absolute atomic E-state index is 2.35. The lowest BCUT2D eigenvalue weighted by Gasteiger charge is -2.24. The van der Waals surface area contributed by atoms with Gasteiger partial charge in [0.25, 0.3) is 0 Å². The van der Waals surface area contributed by atoms with Crippen LogP contribution in [0.4, 0.5) is 0 Å². The summed E-state index contributed by atoms with van der Waals surface area (Å²) in [6.45, 7) is 13.6. The Morgan fingerprint density at radius 3 is 1.62 bits per heavy atom. The van der Waals surface area contributed by atoms with Gasteiger partial charge in [-0.15, -0.1) is 0 Å². The molecule has 0 unspecified atom stereocenters. The van der Waals surface area contributed by atoms with Crippen molar-refractivity contribution in [3.8, 4) is 22.3 Å². The normalized spacial score (nSPS) is 12.2. The van der Waals surface area contributed by atoms with Gasteiger partial charge in [-0.25, -0.2) is 0 Å². The van der Waals surface area contributed by atoms with E-state index in [1.807, 2.05) is 0 Å². The Labute approximate surface area is 158 Å². The fourth-order valence-electron chi connectivity index (χ4n) is 3.40. The number of rotatable bonds is 2. The molecule has 0 nitrogen and oxygen atoms in total. The van der Waals surface area contributed by atoms with E-state index in [0.717, 1.165) is 0 Å². The van der Waals surface area contributed by atoms with Gasteiger partial charge in [0.05, 0.1) is 0 Å². The summed E-state index contributed by atoms with van der Waals surface area (Å²) in [5, 5.41) is 0. The minimum absolute atomic E-state index is 0.111. The standard InChI is InChI=1S/C26H30/c1-25(2,3)22-15-12-19(13-16-22)21-14-17-24(26(4,5)6)23(18-21)20-10-8-7-9-11-20/h7-18H,1-6H3. The van der Waals surface area contributed by atoms with Gasteiger partial charge in [-0.2, -0.15) is 0 Å². The van der Waals surface area contributed by atoms with Crippen LogP contribution in [0, 0.1) is 0 Å². The molecule has 26 heavy (non-hydrogen) atoms. The lowest BCUT2D eigenvalue weighted by atomic mass is 9.80. The average molecular weight is 343 g/mol. The van der Waals surface area contributed by atoms with Crippen LogP contribution in [0.25, 0.3) is 22.3 Å². The summed E-state index contributed by atoms with van der Waals surface area (Å²) in [5.74, 6) is 0. The molecular formula is C26H30. The van der Waals surface area contributed by atoms with Crippen molar-refractivity contribution in [1.29, 1.82) is 0 Å². The molecule has 0 heterocycles. The van der Waals surface area contributed by atoms with E-state index in [4.69, 9.17) is 0 Å². The number of benzene rings is 3. The molecule has 0 heteroatoms. The van der Waals surface area contributed by atoms with Crippen LogP contribution in [0.2, 0.25) is 0 Å². The van der Waals surface area contributed by atoms with Gasteiger partial charge >= 0.3 is 0 Å². The largest absolute Gasteiger partial charge is 0.0622 e. The molecule has 3 rings (SSSR count). The zero-order valence-corrected chi connectivity index (χ0v) is 16.9. The van der Waals surface area contributed by atoms with Crippen LogP contribution < -0.4 is 0 Å². The highest BCUT2D eigenvalue weighted by Gasteiger charge is 2.19. The zero-order chi connectivity index (χ0) is 18.9. The van der Waals surface area contributed by atoms with Crippen molar-refractivity contribution in [2.45, 2.75) is 52.4 Å². The average Bonchev–Trinajstić information content (AvgIpc) is 2.60. The molecule has 0 radical (unpaired) electrons. The molecule has 3 aromatic carbocycles. The van der Waals surface area contributed by atoms with Crippen molar-refractivity contribution < 1.29 is 0 Å². The van der Waals surface area contributed by atoms with E-state index in [9.17, 15) is 0 Å². The molecule has 0 aliphatic rings. The summed E-state index contributed by atoms with van der Waals surface area (Å²) in [5.41, 5.74) is 8.22. The molecule has 134 valence electrons. The molecule has 0 aliphatic heterocycles. The molecule has 0 atom stereocenters. The lowest BCUT2D eigenvalue weighted by Crippen LogP contribution is -2.12. The van der Waals surface area contributed by atoms with Crippen LogP contribution in [-0.2, 0) is 10.8 Å². The Kier molecular flexibility index (Phi) is 4.80. The Morgan fingerprint density at radius 2 is 1.08 bits per heavy atom. The Bertz CT molecular complexity index is 870. The zero-order valence-electron chi connectivity index (χ0n) is 16.9. The number of hydrogen-bond acceptors (Lipinski definition) is 0. The SMILES string of the molecule is CC(C)(C)c1ccc(-c2ccc(C(C)(C)C)c(-c3ccccc3)c2)cc1. The molecule has 0 aromatic heterocycles. The summed E-state index contributed by atoms with van der Waals surface area (Å²) in [4.78, 5) is 0. The summed E-state index contributed by atoms with van der Waals surface area (Å²) in [6.07, 6.45) is 0. The van der Waals surface area contributed by atoms with Crippen molar-refractivity contribution in [3.63, 3.8) is 0 Å². The topological polar surface area (TPSA) is 0 Å². The van der Waals surface area contributed by atoms with Gasteiger partial charge in [-0.05, 0) is 50.3 Å². The summed E-state index contributed by atoms with van der Waals surface area (Å²) >= 11 is 0. The van der Waals surface area contributed by atoms with Gasteiger partial charge in [-0.1, -0.05) is 108 Å². The molecule has 0 saturated carbocycles. The first-order valence-corrected chi connectivity index (χ1v) is 9.47. The van der Waals surface area contributed by atoms with Crippen LogP contribution in [0.3, 0.4) is 0 Å². The van der Waals surface area contributed by atoms with E-state index >= 15 is 0 Å². The first-order valence-electron chi connectivity index (χ1n) is 9.47. The molecule has 0 saturated heterocycles. The second-order valence-electron chi connectivity index (χ2n) is 9.20. The molecule has 0 amide bonds. The highest BCUT2D eigenvalue weighted by molar-refractivity contribution is 5.76. The second kappa shape index (κ2) is 6.76. The molecular weight excluding hydrogens is 312 g/mol. The van der Waals surface area contributed by atoms with Gasteiger partial charge in [0.1, 0.15) is 0 Å². The third kappa shape index (κ3) is 3.90. The van der Waals surface area contributed by atoms with E-state index in [-0.39, 0.29) is 10.8 Å². The minimum Gasteiger partial charge on any atom is -0.0622 e.